The Labute approximate surface area is 167 Å². The van der Waals surface area contributed by atoms with Crippen LogP contribution in [-0.2, 0) is 16.6 Å². The van der Waals surface area contributed by atoms with Crippen molar-refractivity contribution in [3.63, 3.8) is 0 Å². The zero-order chi connectivity index (χ0) is 19.8. The van der Waals surface area contributed by atoms with Crippen molar-refractivity contribution in [2.24, 2.45) is 7.05 Å². The number of carbonyl (C=O) groups is 2. The molecular formula is C21H17N3O3S. The zero-order valence-electron chi connectivity index (χ0n) is 15.3. The van der Waals surface area contributed by atoms with Crippen LogP contribution in [0.5, 0.6) is 5.75 Å². The molecule has 6 nitrogen and oxygen atoms in total. The molecule has 1 fully saturated rings. The van der Waals surface area contributed by atoms with E-state index in [1.807, 2.05) is 42.1 Å². The fourth-order valence-electron chi connectivity index (χ4n) is 3.29. The van der Waals surface area contributed by atoms with Gasteiger partial charge in [0, 0.05) is 35.8 Å². The molecule has 0 bridgehead atoms. The molecule has 1 aromatic heterocycles. The lowest BCUT2D eigenvalue weighted by Gasteiger charge is -2.29. The number of hydrogen-bond acceptors (Lipinski definition) is 4. The summed E-state index contributed by atoms with van der Waals surface area (Å²) in [6.45, 7) is 0. The SMILES string of the molecule is COc1cccc(N2C(=O)C(=Cc3cn(C)c4ccccc34)C(=O)NC2=S)c1. The number of amides is 2. The summed E-state index contributed by atoms with van der Waals surface area (Å²) >= 11 is 5.24. The number of ether oxygens (including phenoxy) is 1. The first-order chi connectivity index (χ1) is 13.5. The van der Waals surface area contributed by atoms with E-state index >= 15 is 0 Å². The van der Waals surface area contributed by atoms with E-state index in [1.165, 1.54) is 4.90 Å². The fourth-order valence-corrected chi connectivity index (χ4v) is 3.57. The van der Waals surface area contributed by atoms with Gasteiger partial charge in [-0.2, -0.15) is 0 Å². The van der Waals surface area contributed by atoms with Crippen LogP contribution in [0.4, 0.5) is 5.69 Å². The van der Waals surface area contributed by atoms with Gasteiger partial charge in [-0.1, -0.05) is 24.3 Å². The number of nitrogens with zero attached hydrogens (tertiary/aromatic N) is 2. The second kappa shape index (κ2) is 6.94. The number of hydrogen-bond donors (Lipinski definition) is 1. The third-order valence-electron chi connectivity index (χ3n) is 4.64. The summed E-state index contributed by atoms with van der Waals surface area (Å²) in [5, 5.41) is 3.60. The van der Waals surface area contributed by atoms with Gasteiger partial charge in [0.2, 0.25) is 0 Å². The van der Waals surface area contributed by atoms with Gasteiger partial charge in [-0.25, -0.2) is 0 Å². The molecule has 0 unspecified atom stereocenters. The maximum Gasteiger partial charge on any atom is 0.270 e. The standard InChI is InChI=1S/C21H17N3O3S/c1-23-12-13(16-8-3-4-9-18(16)23)10-17-19(25)22-21(28)24(20(17)26)14-6-5-7-15(11-14)27-2/h3-12H,1-2H3,(H,22,25,28). The molecule has 0 atom stereocenters. The van der Waals surface area contributed by atoms with Crippen LogP contribution in [-0.4, -0.2) is 28.6 Å². The minimum absolute atomic E-state index is 0.0211. The molecule has 2 aromatic carbocycles. The van der Waals surface area contributed by atoms with Crippen molar-refractivity contribution < 1.29 is 14.3 Å². The van der Waals surface area contributed by atoms with Gasteiger partial charge in [0.05, 0.1) is 12.8 Å². The molecule has 1 saturated heterocycles. The van der Waals surface area contributed by atoms with Crippen LogP contribution < -0.4 is 15.0 Å². The number of thiocarbonyl (C=S) groups is 1. The third-order valence-corrected chi connectivity index (χ3v) is 4.93. The molecule has 1 N–H and O–H groups in total. The van der Waals surface area contributed by atoms with E-state index in [9.17, 15) is 9.59 Å². The number of fused-ring (bicyclic) bond motifs is 1. The van der Waals surface area contributed by atoms with E-state index in [-0.39, 0.29) is 10.7 Å². The highest BCUT2D eigenvalue weighted by molar-refractivity contribution is 7.80. The van der Waals surface area contributed by atoms with E-state index in [0.29, 0.717) is 11.4 Å². The van der Waals surface area contributed by atoms with Crippen molar-refractivity contribution in [1.29, 1.82) is 0 Å². The maximum absolute atomic E-state index is 13.2. The highest BCUT2D eigenvalue weighted by Crippen LogP contribution is 2.27. The van der Waals surface area contributed by atoms with Gasteiger partial charge in [-0.05, 0) is 36.5 Å². The molecule has 140 valence electrons. The second-order valence-corrected chi connectivity index (χ2v) is 6.76. The van der Waals surface area contributed by atoms with Crippen molar-refractivity contribution in [2.75, 3.05) is 12.0 Å². The van der Waals surface area contributed by atoms with E-state index in [2.05, 4.69) is 5.32 Å². The normalized spacial score (nSPS) is 16.0. The van der Waals surface area contributed by atoms with E-state index in [0.717, 1.165) is 16.5 Å². The van der Waals surface area contributed by atoms with Crippen molar-refractivity contribution in [1.82, 2.24) is 9.88 Å². The van der Waals surface area contributed by atoms with Crippen molar-refractivity contribution in [3.05, 3.63) is 65.9 Å². The van der Waals surface area contributed by atoms with E-state index in [1.54, 1.807) is 37.5 Å². The summed E-state index contributed by atoms with van der Waals surface area (Å²) in [4.78, 5) is 27.0. The molecule has 2 amide bonds. The fraction of sp³-hybridized carbons (Fsp3) is 0.0952. The quantitative estimate of drug-likeness (QED) is 0.424. The maximum atomic E-state index is 13.2. The van der Waals surface area contributed by atoms with E-state index in [4.69, 9.17) is 17.0 Å². The highest BCUT2D eigenvalue weighted by atomic mass is 32.1. The average molecular weight is 391 g/mol. The number of carbonyl (C=O) groups excluding carboxylic acids is 2. The summed E-state index contributed by atoms with van der Waals surface area (Å²) in [6.07, 6.45) is 3.50. The molecule has 4 rings (SSSR count). The first-order valence-corrected chi connectivity index (χ1v) is 9.00. The topological polar surface area (TPSA) is 63.6 Å². The van der Waals surface area contributed by atoms with Crippen LogP contribution in [0.2, 0.25) is 0 Å². The second-order valence-electron chi connectivity index (χ2n) is 6.37. The Morgan fingerprint density at radius 2 is 1.89 bits per heavy atom. The number of rotatable bonds is 3. The minimum atomic E-state index is -0.512. The lowest BCUT2D eigenvalue weighted by atomic mass is 10.1. The van der Waals surface area contributed by atoms with Gasteiger partial charge in [-0.3, -0.25) is 19.8 Å². The van der Waals surface area contributed by atoms with Gasteiger partial charge in [0.25, 0.3) is 11.8 Å². The first-order valence-electron chi connectivity index (χ1n) is 8.59. The van der Waals surface area contributed by atoms with Gasteiger partial charge in [0.15, 0.2) is 5.11 Å². The number of para-hydroxylation sites is 1. The van der Waals surface area contributed by atoms with Crippen LogP contribution in [0.25, 0.3) is 17.0 Å². The lowest BCUT2D eigenvalue weighted by Crippen LogP contribution is -2.54. The van der Waals surface area contributed by atoms with Crippen LogP contribution >= 0.6 is 12.2 Å². The summed E-state index contributed by atoms with van der Waals surface area (Å²) in [5.74, 6) is -0.401. The van der Waals surface area contributed by atoms with E-state index < -0.39 is 11.8 Å². The summed E-state index contributed by atoms with van der Waals surface area (Å²) in [5.41, 5.74) is 2.35. The molecule has 0 aliphatic carbocycles. The number of aromatic nitrogens is 1. The van der Waals surface area contributed by atoms with Crippen molar-refractivity contribution in [3.8, 4) is 5.75 Å². The molecular weight excluding hydrogens is 374 g/mol. The van der Waals surface area contributed by atoms with Crippen LogP contribution in [0.15, 0.2) is 60.3 Å². The molecule has 0 radical (unpaired) electrons. The largest absolute Gasteiger partial charge is 0.497 e. The summed E-state index contributed by atoms with van der Waals surface area (Å²) in [7, 11) is 3.47. The smallest absolute Gasteiger partial charge is 0.270 e. The molecule has 3 aromatic rings. The number of anilines is 1. The minimum Gasteiger partial charge on any atom is -0.497 e. The number of benzene rings is 2. The Kier molecular flexibility index (Phi) is 4.44. The van der Waals surface area contributed by atoms with Gasteiger partial charge < -0.3 is 9.30 Å². The number of methoxy groups -OCH3 is 1. The van der Waals surface area contributed by atoms with Crippen molar-refractivity contribution in [2.45, 2.75) is 0 Å². The predicted octanol–water partition coefficient (Wildman–Crippen LogP) is 3.02. The molecule has 28 heavy (non-hydrogen) atoms. The van der Waals surface area contributed by atoms with Gasteiger partial charge in [-0.15, -0.1) is 0 Å². The Bertz CT molecular complexity index is 1160. The van der Waals surface area contributed by atoms with Gasteiger partial charge in [0.1, 0.15) is 11.3 Å². The monoisotopic (exact) mass is 391 g/mol. The van der Waals surface area contributed by atoms with Crippen LogP contribution in [0, 0.1) is 0 Å². The Balaban J connectivity index is 1.80. The highest BCUT2D eigenvalue weighted by Gasteiger charge is 2.34. The Morgan fingerprint density at radius 1 is 1.11 bits per heavy atom. The Morgan fingerprint density at radius 3 is 2.68 bits per heavy atom. The summed E-state index contributed by atoms with van der Waals surface area (Å²) in [6, 6.07) is 14.8. The zero-order valence-corrected chi connectivity index (χ0v) is 16.1. The number of aryl methyl sites for hydroxylation is 1. The molecule has 0 saturated carbocycles. The summed E-state index contributed by atoms with van der Waals surface area (Å²) < 4.78 is 7.18. The molecule has 1 aliphatic heterocycles. The van der Waals surface area contributed by atoms with Gasteiger partial charge >= 0.3 is 0 Å². The van der Waals surface area contributed by atoms with Crippen molar-refractivity contribution >= 4 is 51.8 Å². The lowest BCUT2D eigenvalue weighted by molar-refractivity contribution is -0.122. The Hall–Kier alpha value is -3.45. The third kappa shape index (κ3) is 2.95. The van der Waals surface area contributed by atoms with Crippen LogP contribution in [0.3, 0.4) is 0 Å². The molecule has 7 heteroatoms. The molecule has 1 aliphatic rings. The first kappa shape index (κ1) is 17.9. The molecule has 0 spiro atoms. The van der Waals surface area contributed by atoms with Crippen LogP contribution in [0.1, 0.15) is 5.56 Å². The predicted molar refractivity (Wildman–Crippen MR) is 112 cm³/mol. The number of nitrogens with one attached hydrogen (secondary N) is 1. The average Bonchev–Trinajstić information content (AvgIpc) is 3.01. The molecule has 2 heterocycles.